The van der Waals surface area contributed by atoms with E-state index in [0.29, 0.717) is 23.2 Å². The van der Waals surface area contributed by atoms with Crippen molar-refractivity contribution in [2.24, 2.45) is 0 Å². The highest BCUT2D eigenvalue weighted by molar-refractivity contribution is 5.91. The highest BCUT2D eigenvalue weighted by Crippen LogP contribution is 2.30. The van der Waals surface area contributed by atoms with E-state index >= 15 is 0 Å². The van der Waals surface area contributed by atoms with Gasteiger partial charge in [-0.2, -0.15) is 4.98 Å². The molecule has 4 rings (SSSR count). The van der Waals surface area contributed by atoms with E-state index in [1.54, 1.807) is 32.4 Å². The number of fused-ring (bicyclic) bond motifs is 1. The number of anilines is 3. The molecule has 1 heterocycles. The summed E-state index contributed by atoms with van der Waals surface area (Å²) in [7, 11) is 7.26. The predicted molar refractivity (Wildman–Crippen MR) is 134 cm³/mol. The molecule has 1 aromatic heterocycles. The maximum absolute atomic E-state index is 12.6. The number of aromatic nitrogens is 2. The Morgan fingerprint density at radius 1 is 1.00 bits per heavy atom. The van der Waals surface area contributed by atoms with Crippen molar-refractivity contribution in [3.8, 4) is 11.5 Å². The van der Waals surface area contributed by atoms with Crippen LogP contribution in [0.15, 0.2) is 18.2 Å². The average molecular weight is 469 g/mol. The molecule has 2 aromatic rings. The van der Waals surface area contributed by atoms with E-state index in [2.05, 4.69) is 20.9 Å². The molecule has 3 N–H and O–H groups in total. The van der Waals surface area contributed by atoms with Crippen LogP contribution in [0, 0.1) is 0 Å². The van der Waals surface area contributed by atoms with Crippen LogP contribution in [0.25, 0.3) is 0 Å². The summed E-state index contributed by atoms with van der Waals surface area (Å²) in [5.74, 6) is 3.00. The lowest BCUT2D eigenvalue weighted by Gasteiger charge is -2.30. The molecule has 1 saturated carbocycles. The van der Waals surface area contributed by atoms with Crippen molar-refractivity contribution in [2.45, 2.75) is 63.5 Å². The number of hydrogen-bond donors (Lipinski definition) is 3. The van der Waals surface area contributed by atoms with Gasteiger partial charge in [0.25, 0.3) is 0 Å². The molecule has 0 unspecified atom stereocenters. The molecule has 1 fully saturated rings. The van der Waals surface area contributed by atoms with Gasteiger partial charge in [0, 0.05) is 37.8 Å². The van der Waals surface area contributed by atoms with Crippen molar-refractivity contribution in [2.75, 3.05) is 43.8 Å². The largest absolute Gasteiger partial charge is 0.497 e. The van der Waals surface area contributed by atoms with Gasteiger partial charge in [-0.1, -0.05) is 0 Å². The Kier molecular flexibility index (Phi) is 7.59. The summed E-state index contributed by atoms with van der Waals surface area (Å²) in [6.07, 6.45) is 8.19. The van der Waals surface area contributed by atoms with Crippen LogP contribution < -0.4 is 30.3 Å². The predicted octanol–water partition coefficient (Wildman–Crippen LogP) is 3.98. The molecule has 184 valence electrons. The van der Waals surface area contributed by atoms with E-state index in [9.17, 15) is 4.79 Å². The molecule has 0 bridgehead atoms. The Hall–Kier alpha value is -3.23. The molecule has 0 aliphatic heterocycles. The number of hydrogen-bond acceptors (Lipinski definition) is 7. The van der Waals surface area contributed by atoms with Gasteiger partial charge in [-0.25, -0.2) is 9.78 Å². The van der Waals surface area contributed by atoms with Gasteiger partial charge in [0.2, 0.25) is 5.95 Å². The standard InChI is InChI=1S/C25H36N6O3/c1-31(2)23-19-7-5-6-8-20(19)28-24(30-23)26-16-9-11-17(12-10-16)27-25(32)29-21-14-13-18(33-3)15-22(21)34-4/h13-17H,5-12H2,1-4H3,(H,26,28,30)(H2,27,29,32). The fraction of sp³-hybridized carbons (Fsp3) is 0.560. The molecule has 0 radical (unpaired) electrons. The number of methoxy groups -OCH3 is 2. The Morgan fingerprint density at radius 3 is 2.44 bits per heavy atom. The monoisotopic (exact) mass is 468 g/mol. The van der Waals surface area contributed by atoms with Gasteiger partial charge in [0.15, 0.2) is 0 Å². The topological polar surface area (TPSA) is 101 Å². The summed E-state index contributed by atoms with van der Waals surface area (Å²) in [6, 6.07) is 5.52. The van der Waals surface area contributed by atoms with Crippen molar-refractivity contribution in [1.29, 1.82) is 0 Å². The molecule has 2 aliphatic rings. The molecule has 0 atom stereocenters. The van der Waals surface area contributed by atoms with E-state index in [-0.39, 0.29) is 12.1 Å². The minimum absolute atomic E-state index is 0.129. The first-order valence-electron chi connectivity index (χ1n) is 12.1. The fourth-order valence-electron chi connectivity index (χ4n) is 4.82. The minimum atomic E-state index is -0.228. The van der Waals surface area contributed by atoms with Crippen molar-refractivity contribution < 1.29 is 14.3 Å². The Morgan fingerprint density at radius 2 is 1.74 bits per heavy atom. The van der Waals surface area contributed by atoms with Gasteiger partial charge in [-0.05, 0) is 63.5 Å². The zero-order valence-corrected chi connectivity index (χ0v) is 20.6. The van der Waals surface area contributed by atoms with E-state index in [0.717, 1.165) is 50.3 Å². The average Bonchev–Trinajstić information content (AvgIpc) is 2.85. The Labute approximate surface area is 201 Å². The summed E-state index contributed by atoms with van der Waals surface area (Å²) in [5, 5.41) is 9.54. The highest BCUT2D eigenvalue weighted by Gasteiger charge is 2.25. The number of carbonyl (C=O) groups is 1. The van der Waals surface area contributed by atoms with Crippen LogP contribution >= 0.6 is 0 Å². The second-order valence-corrected chi connectivity index (χ2v) is 9.26. The normalized spacial score (nSPS) is 19.5. The molecule has 9 heteroatoms. The SMILES string of the molecule is COc1ccc(NC(=O)NC2CCC(Nc3nc4c(c(N(C)C)n3)CCCC4)CC2)c(OC)c1. The zero-order chi connectivity index (χ0) is 24.1. The number of ether oxygens (including phenoxy) is 2. The molecule has 1 aromatic carbocycles. The third kappa shape index (κ3) is 5.63. The van der Waals surface area contributed by atoms with Crippen LogP contribution in [0.2, 0.25) is 0 Å². The minimum Gasteiger partial charge on any atom is -0.497 e. The molecular formula is C25H36N6O3. The first-order valence-corrected chi connectivity index (χ1v) is 12.1. The number of aryl methyl sites for hydroxylation is 1. The molecule has 34 heavy (non-hydrogen) atoms. The Balaban J connectivity index is 1.30. The van der Waals surface area contributed by atoms with Crippen molar-refractivity contribution in [1.82, 2.24) is 15.3 Å². The molecule has 9 nitrogen and oxygen atoms in total. The lowest BCUT2D eigenvalue weighted by atomic mass is 9.91. The van der Waals surface area contributed by atoms with E-state index in [4.69, 9.17) is 19.4 Å². The molecule has 0 spiro atoms. The smallest absolute Gasteiger partial charge is 0.319 e. The lowest BCUT2D eigenvalue weighted by molar-refractivity contribution is 0.243. The maximum atomic E-state index is 12.6. The second kappa shape index (κ2) is 10.8. The van der Waals surface area contributed by atoms with Crippen LogP contribution in [0.1, 0.15) is 49.8 Å². The maximum Gasteiger partial charge on any atom is 0.319 e. The molecule has 2 amide bonds. The van der Waals surface area contributed by atoms with E-state index < -0.39 is 0 Å². The molecule has 0 saturated heterocycles. The van der Waals surface area contributed by atoms with Crippen molar-refractivity contribution in [3.63, 3.8) is 0 Å². The number of carbonyl (C=O) groups excluding carboxylic acids is 1. The second-order valence-electron chi connectivity index (χ2n) is 9.26. The lowest BCUT2D eigenvalue weighted by Crippen LogP contribution is -2.42. The number of benzene rings is 1. The van der Waals surface area contributed by atoms with Crippen LogP contribution in [0.3, 0.4) is 0 Å². The van der Waals surface area contributed by atoms with E-state index in [1.807, 2.05) is 14.1 Å². The first kappa shape index (κ1) is 23.9. The van der Waals surface area contributed by atoms with Gasteiger partial charge in [0.1, 0.15) is 17.3 Å². The summed E-state index contributed by atoms with van der Waals surface area (Å²) in [4.78, 5) is 24.3. The third-order valence-electron chi connectivity index (χ3n) is 6.64. The van der Waals surface area contributed by atoms with Crippen LogP contribution in [0.4, 0.5) is 22.2 Å². The Bertz CT molecular complexity index is 1000. The first-order chi connectivity index (χ1) is 16.5. The number of nitrogens with one attached hydrogen (secondary N) is 3. The molecular weight excluding hydrogens is 432 g/mol. The number of rotatable bonds is 7. The van der Waals surface area contributed by atoms with Crippen LogP contribution in [-0.2, 0) is 12.8 Å². The van der Waals surface area contributed by atoms with Gasteiger partial charge >= 0.3 is 6.03 Å². The third-order valence-corrected chi connectivity index (χ3v) is 6.64. The van der Waals surface area contributed by atoms with Crippen LogP contribution in [-0.4, -0.2) is 56.4 Å². The quantitative estimate of drug-likeness (QED) is 0.565. The summed E-state index contributed by atoms with van der Waals surface area (Å²) in [5.41, 5.74) is 3.10. The summed E-state index contributed by atoms with van der Waals surface area (Å²) in [6.45, 7) is 0. The number of nitrogens with zero attached hydrogens (tertiary/aromatic N) is 3. The van der Waals surface area contributed by atoms with Gasteiger partial charge in [0.05, 0.1) is 25.6 Å². The summed E-state index contributed by atoms with van der Waals surface area (Å²) >= 11 is 0. The fourth-order valence-corrected chi connectivity index (χ4v) is 4.82. The van der Waals surface area contributed by atoms with Crippen molar-refractivity contribution in [3.05, 3.63) is 29.5 Å². The zero-order valence-electron chi connectivity index (χ0n) is 20.6. The highest BCUT2D eigenvalue weighted by atomic mass is 16.5. The van der Waals surface area contributed by atoms with Crippen molar-refractivity contribution >= 4 is 23.5 Å². The summed E-state index contributed by atoms with van der Waals surface area (Å²) < 4.78 is 10.6. The van der Waals surface area contributed by atoms with Gasteiger partial charge < -0.3 is 30.3 Å². The number of amides is 2. The van der Waals surface area contributed by atoms with Gasteiger partial charge in [-0.3, -0.25) is 0 Å². The molecule has 2 aliphatic carbocycles. The van der Waals surface area contributed by atoms with Gasteiger partial charge in [-0.15, -0.1) is 0 Å². The number of urea groups is 1. The van der Waals surface area contributed by atoms with Crippen LogP contribution in [0.5, 0.6) is 11.5 Å². The van der Waals surface area contributed by atoms with E-state index in [1.165, 1.54) is 24.1 Å².